The van der Waals surface area contributed by atoms with E-state index in [-0.39, 0.29) is 0 Å². The number of aromatic amines is 1. The summed E-state index contributed by atoms with van der Waals surface area (Å²) in [5.74, 6) is -1.52. The van der Waals surface area contributed by atoms with Crippen molar-refractivity contribution in [3.63, 3.8) is 0 Å². The summed E-state index contributed by atoms with van der Waals surface area (Å²) in [5.41, 5.74) is 3.60. The molecule has 29 heavy (non-hydrogen) atoms. The van der Waals surface area contributed by atoms with Gasteiger partial charge in [-0.1, -0.05) is 17.3 Å². The maximum absolute atomic E-state index is 12.2. The van der Waals surface area contributed by atoms with Crippen molar-refractivity contribution in [1.82, 2.24) is 30.3 Å². The smallest absolute Gasteiger partial charge is 0.325 e. The molecule has 3 heterocycles. The minimum absolute atomic E-state index is 0.387. The Morgan fingerprint density at radius 2 is 2.14 bits per heavy atom. The molecule has 0 bridgehead atoms. The molecule has 1 unspecified atom stereocenters. The molecule has 3 aromatic heterocycles. The normalized spacial score (nSPS) is 12.0. The highest BCUT2D eigenvalue weighted by Gasteiger charge is 2.15. The first kappa shape index (κ1) is 18.4. The van der Waals surface area contributed by atoms with Crippen molar-refractivity contribution >= 4 is 22.9 Å². The summed E-state index contributed by atoms with van der Waals surface area (Å²) in [6.07, 6.45) is 5.38. The average molecular weight is 390 g/mol. The standard InChI is InChI=1S/C20H18N6O3/c1-12(20(28)29)23-19(27)15-4-2-3-13(7-15)10-26-11-17(24-25-26)16-8-14-5-6-21-18(14)22-9-16/h2-9,11-12H,10H2,1H3,(H,21,22)(H,23,27)(H,28,29). The number of aromatic nitrogens is 5. The van der Waals surface area contributed by atoms with Crippen LogP contribution in [0.25, 0.3) is 22.3 Å². The molecule has 146 valence electrons. The summed E-state index contributed by atoms with van der Waals surface area (Å²) in [6, 6.07) is 9.93. The fraction of sp³-hybridized carbons (Fsp3) is 0.150. The van der Waals surface area contributed by atoms with E-state index in [1.54, 1.807) is 29.1 Å². The third-order valence-corrected chi connectivity index (χ3v) is 4.49. The first-order valence-electron chi connectivity index (χ1n) is 8.96. The number of nitrogens with zero attached hydrogens (tertiary/aromatic N) is 4. The molecule has 0 fully saturated rings. The minimum Gasteiger partial charge on any atom is -0.480 e. The fourth-order valence-corrected chi connectivity index (χ4v) is 2.93. The van der Waals surface area contributed by atoms with Crippen molar-refractivity contribution in [2.75, 3.05) is 0 Å². The van der Waals surface area contributed by atoms with E-state index >= 15 is 0 Å². The van der Waals surface area contributed by atoms with Crippen LogP contribution in [0.2, 0.25) is 0 Å². The number of carbonyl (C=O) groups excluding carboxylic acids is 1. The van der Waals surface area contributed by atoms with Gasteiger partial charge in [0, 0.05) is 28.9 Å². The highest BCUT2D eigenvalue weighted by molar-refractivity contribution is 5.96. The summed E-state index contributed by atoms with van der Waals surface area (Å²) < 4.78 is 1.67. The summed E-state index contributed by atoms with van der Waals surface area (Å²) in [6.45, 7) is 1.84. The maximum atomic E-state index is 12.2. The molecule has 0 saturated heterocycles. The van der Waals surface area contributed by atoms with Gasteiger partial charge in [-0.3, -0.25) is 9.59 Å². The highest BCUT2D eigenvalue weighted by atomic mass is 16.4. The molecule has 1 aromatic carbocycles. The fourth-order valence-electron chi connectivity index (χ4n) is 2.93. The van der Waals surface area contributed by atoms with Gasteiger partial charge in [-0.05, 0) is 36.8 Å². The average Bonchev–Trinajstić information content (AvgIpc) is 3.36. The van der Waals surface area contributed by atoms with Crippen molar-refractivity contribution in [3.8, 4) is 11.3 Å². The number of nitrogens with one attached hydrogen (secondary N) is 2. The van der Waals surface area contributed by atoms with Crippen LogP contribution >= 0.6 is 0 Å². The van der Waals surface area contributed by atoms with Crippen LogP contribution in [0.5, 0.6) is 0 Å². The van der Waals surface area contributed by atoms with Gasteiger partial charge in [-0.25, -0.2) is 9.67 Å². The van der Waals surface area contributed by atoms with Crippen molar-refractivity contribution in [3.05, 3.63) is 66.1 Å². The second-order valence-electron chi connectivity index (χ2n) is 6.67. The van der Waals surface area contributed by atoms with Gasteiger partial charge in [0.25, 0.3) is 5.91 Å². The van der Waals surface area contributed by atoms with Gasteiger partial charge in [-0.15, -0.1) is 5.10 Å². The second kappa shape index (κ2) is 7.55. The van der Waals surface area contributed by atoms with Gasteiger partial charge in [0.2, 0.25) is 0 Å². The molecule has 0 spiro atoms. The van der Waals surface area contributed by atoms with Crippen LogP contribution in [-0.4, -0.2) is 48.0 Å². The zero-order valence-electron chi connectivity index (χ0n) is 15.5. The number of amides is 1. The first-order valence-corrected chi connectivity index (χ1v) is 8.96. The lowest BCUT2D eigenvalue weighted by Crippen LogP contribution is -2.38. The molecule has 1 atom stereocenters. The van der Waals surface area contributed by atoms with E-state index in [0.29, 0.717) is 17.8 Å². The summed E-state index contributed by atoms with van der Waals surface area (Å²) >= 11 is 0. The van der Waals surface area contributed by atoms with Crippen molar-refractivity contribution in [2.24, 2.45) is 0 Å². The number of aliphatic carboxylic acids is 1. The van der Waals surface area contributed by atoms with Crippen molar-refractivity contribution < 1.29 is 14.7 Å². The van der Waals surface area contributed by atoms with Gasteiger partial charge < -0.3 is 15.4 Å². The van der Waals surface area contributed by atoms with Crippen LogP contribution in [0.15, 0.2) is 55.0 Å². The zero-order chi connectivity index (χ0) is 20.4. The number of benzene rings is 1. The number of carbonyl (C=O) groups is 2. The Morgan fingerprint density at radius 1 is 1.28 bits per heavy atom. The Bertz CT molecular complexity index is 1200. The van der Waals surface area contributed by atoms with Crippen LogP contribution in [0.4, 0.5) is 0 Å². The highest BCUT2D eigenvalue weighted by Crippen LogP contribution is 2.20. The molecule has 0 aliphatic heterocycles. The van der Waals surface area contributed by atoms with Gasteiger partial charge in [0.1, 0.15) is 17.4 Å². The molecule has 0 aliphatic carbocycles. The Labute approximate surface area is 165 Å². The summed E-state index contributed by atoms with van der Waals surface area (Å²) in [5, 5.41) is 20.7. The molecule has 9 nitrogen and oxygen atoms in total. The summed E-state index contributed by atoms with van der Waals surface area (Å²) in [4.78, 5) is 30.5. The third kappa shape index (κ3) is 3.98. The molecule has 3 N–H and O–H groups in total. The van der Waals surface area contributed by atoms with E-state index in [1.165, 1.54) is 6.92 Å². The number of fused-ring (bicyclic) bond motifs is 1. The van der Waals surface area contributed by atoms with E-state index in [9.17, 15) is 9.59 Å². The van der Waals surface area contributed by atoms with Gasteiger partial charge in [0.15, 0.2) is 0 Å². The van der Waals surface area contributed by atoms with E-state index in [4.69, 9.17) is 5.11 Å². The van der Waals surface area contributed by atoms with Gasteiger partial charge in [0.05, 0.1) is 12.7 Å². The Morgan fingerprint density at radius 3 is 2.97 bits per heavy atom. The lowest BCUT2D eigenvalue weighted by molar-refractivity contribution is -0.138. The van der Waals surface area contributed by atoms with Crippen LogP contribution in [0.3, 0.4) is 0 Å². The van der Waals surface area contributed by atoms with Crippen LogP contribution in [0.1, 0.15) is 22.8 Å². The molecule has 0 saturated carbocycles. The van der Waals surface area contributed by atoms with E-state index < -0.39 is 17.9 Å². The van der Waals surface area contributed by atoms with Crippen molar-refractivity contribution in [1.29, 1.82) is 0 Å². The number of hydrogen-bond acceptors (Lipinski definition) is 5. The number of H-pyrrole nitrogens is 1. The number of pyridine rings is 1. The Kier molecular flexibility index (Phi) is 4.78. The van der Waals surface area contributed by atoms with Crippen LogP contribution < -0.4 is 5.32 Å². The molecule has 4 rings (SSSR count). The molecule has 0 aliphatic rings. The van der Waals surface area contributed by atoms with E-state index in [2.05, 4.69) is 25.6 Å². The van der Waals surface area contributed by atoms with Crippen LogP contribution in [-0.2, 0) is 11.3 Å². The van der Waals surface area contributed by atoms with Crippen LogP contribution in [0, 0.1) is 0 Å². The third-order valence-electron chi connectivity index (χ3n) is 4.49. The zero-order valence-corrected chi connectivity index (χ0v) is 15.5. The predicted octanol–water partition coefficient (Wildman–Crippen LogP) is 2.07. The Balaban J connectivity index is 1.50. The van der Waals surface area contributed by atoms with E-state index in [1.807, 2.05) is 30.6 Å². The molecule has 9 heteroatoms. The summed E-state index contributed by atoms with van der Waals surface area (Å²) in [7, 11) is 0. The van der Waals surface area contributed by atoms with E-state index in [0.717, 1.165) is 22.2 Å². The maximum Gasteiger partial charge on any atom is 0.325 e. The SMILES string of the molecule is CC(NC(=O)c1cccc(Cn2cc(-c3cnc4[nH]ccc4c3)nn2)c1)C(=O)O. The molecular formula is C20H18N6O3. The topological polar surface area (TPSA) is 126 Å². The first-order chi connectivity index (χ1) is 14.0. The van der Waals surface area contributed by atoms with Crippen molar-refractivity contribution in [2.45, 2.75) is 19.5 Å². The minimum atomic E-state index is -1.09. The lowest BCUT2D eigenvalue weighted by Gasteiger charge is -2.10. The molecule has 0 radical (unpaired) electrons. The number of carboxylic acids is 1. The quantitative estimate of drug-likeness (QED) is 0.463. The number of hydrogen-bond donors (Lipinski definition) is 3. The molecule has 4 aromatic rings. The van der Waals surface area contributed by atoms with Gasteiger partial charge >= 0.3 is 5.97 Å². The van der Waals surface area contributed by atoms with Gasteiger partial charge in [-0.2, -0.15) is 0 Å². The largest absolute Gasteiger partial charge is 0.480 e. The molecular weight excluding hydrogens is 372 g/mol. The number of rotatable bonds is 6. The number of carboxylic acid groups (broad SMARTS) is 1. The lowest BCUT2D eigenvalue weighted by atomic mass is 10.1. The molecule has 1 amide bonds. The predicted molar refractivity (Wildman–Crippen MR) is 105 cm³/mol. The Hall–Kier alpha value is -4.01. The second-order valence-corrected chi connectivity index (χ2v) is 6.67. The monoisotopic (exact) mass is 390 g/mol.